The maximum absolute atomic E-state index is 14.1. The Morgan fingerprint density at radius 1 is 1.06 bits per heavy atom. The minimum Gasteiger partial charge on any atom is -0.497 e. The molecule has 0 aromatic heterocycles. The highest BCUT2D eigenvalue weighted by atomic mass is 19.1. The van der Waals surface area contributed by atoms with Crippen LogP contribution in [0.5, 0.6) is 17.2 Å². The number of hydrogen-bond donors (Lipinski definition) is 0. The van der Waals surface area contributed by atoms with Crippen molar-refractivity contribution in [1.82, 2.24) is 0 Å². The molecular formula is C24H21FO6. The summed E-state index contributed by atoms with van der Waals surface area (Å²) in [6, 6.07) is 16.9. The molecule has 0 bridgehead atoms. The van der Waals surface area contributed by atoms with E-state index < -0.39 is 18.1 Å². The van der Waals surface area contributed by atoms with Gasteiger partial charge < -0.3 is 23.7 Å². The highest BCUT2D eigenvalue weighted by Gasteiger charge is 2.26. The van der Waals surface area contributed by atoms with Crippen molar-refractivity contribution in [3.63, 3.8) is 0 Å². The van der Waals surface area contributed by atoms with E-state index in [1.54, 1.807) is 18.2 Å². The lowest BCUT2D eigenvalue weighted by molar-refractivity contribution is -0.112. The molecule has 0 saturated carbocycles. The third-order valence-electron chi connectivity index (χ3n) is 4.88. The van der Waals surface area contributed by atoms with Gasteiger partial charge in [0.2, 0.25) is 6.29 Å². The first-order valence-electron chi connectivity index (χ1n) is 9.62. The molecule has 31 heavy (non-hydrogen) atoms. The molecule has 0 fully saturated rings. The van der Waals surface area contributed by atoms with E-state index in [0.29, 0.717) is 28.4 Å². The van der Waals surface area contributed by atoms with Gasteiger partial charge in [-0.1, -0.05) is 30.3 Å². The number of rotatable bonds is 6. The third-order valence-corrected chi connectivity index (χ3v) is 4.88. The van der Waals surface area contributed by atoms with E-state index in [0.717, 1.165) is 5.56 Å². The SMILES string of the molecule is COc1ccc(C(=O)OCc2cc(F)cc3c2O[C@H](c2ccccc2)OC3)c(OC)c1. The lowest BCUT2D eigenvalue weighted by Crippen LogP contribution is -2.20. The average Bonchev–Trinajstić information content (AvgIpc) is 2.82. The number of halogens is 1. The topological polar surface area (TPSA) is 63.2 Å². The fourth-order valence-electron chi connectivity index (χ4n) is 3.35. The number of carbonyl (C=O) groups excluding carboxylic acids is 1. The number of ether oxygens (including phenoxy) is 5. The minimum absolute atomic E-state index is 0.171. The van der Waals surface area contributed by atoms with Gasteiger partial charge in [-0.3, -0.25) is 0 Å². The highest BCUT2D eigenvalue weighted by molar-refractivity contribution is 5.92. The summed E-state index contributed by atoms with van der Waals surface area (Å²) in [6.07, 6.45) is -0.629. The molecule has 1 aliphatic heterocycles. The number of hydrogen-bond acceptors (Lipinski definition) is 6. The van der Waals surface area contributed by atoms with Gasteiger partial charge in [0, 0.05) is 22.8 Å². The van der Waals surface area contributed by atoms with E-state index in [9.17, 15) is 9.18 Å². The van der Waals surface area contributed by atoms with Crippen LogP contribution in [0.2, 0.25) is 0 Å². The molecule has 0 radical (unpaired) electrons. The molecule has 0 spiro atoms. The first kappa shape index (κ1) is 20.7. The summed E-state index contributed by atoms with van der Waals surface area (Å²) in [5.74, 6) is 0.254. The van der Waals surface area contributed by atoms with Crippen molar-refractivity contribution in [2.75, 3.05) is 14.2 Å². The monoisotopic (exact) mass is 424 g/mol. The maximum atomic E-state index is 14.1. The van der Waals surface area contributed by atoms with Crippen LogP contribution in [0.4, 0.5) is 4.39 Å². The summed E-state index contributed by atoms with van der Waals surface area (Å²) in [5.41, 5.74) is 2.05. The van der Waals surface area contributed by atoms with Crippen molar-refractivity contribution in [3.05, 3.63) is 88.7 Å². The zero-order chi connectivity index (χ0) is 21.8. The molecule has 1 heterocycles. The predicted molar refractivity (Wildman–Crippen MR) is 110 cm³/mol. The number of esters is 1. The van der Waals surface area contributed by atoms with Gasteiger partial charge >= 0.3 is 5.97 Å². The second-order valence-corrected chi connectivity index (χ2v) is 6.87. The first-order chi connectivity index (χ1) is 15.1. The van der Waals surface area contributed by atoms with Gasteiger partial charge in [0.1, 0.15) is 35.2 Å². The summed E-state index contributed by atoms with van der Waals surface area (Å²) in [5, 5.41) is 0. The molecule has 0 unspecified atom stereocenters. The molecule has 1 aliphatic rings. The molecule has 3 aromatic carbocycles. The number of fused-ring (bicyclic) bond motifs is 1. The van der Waals surface area contributed by atoms with Crippen LogP contribution in [-0.4, -0.2) is 20.2 Å². The highest BCUT2D eigenvalue weighted by Crippen LogP contribution is 2.37. The van der Waals surface area contributed by atoms with Crippen LogP contribution in [0, 0.1) is 5.82 Å². The van der Waals surface area contributed by atoms with Crippen LogP contribution < -0.4 is 14.2 Å². The standard InChI is InChI=1S/C24H21FO6/c1-27-19-8-9-20(21(12-19)28-2)23(26)29-13-16-10-18(25)11-17-14-30-24(31-22(16)17)15-6-4-3-5-7-15/h3-12,24H,13-14H2,1-2H3/t24-/m1/s1. The van der Waals surface area contributed by atoms with E-state index in [4.69, 9.17) is 23.7 Å². The molecule has 1 atom stereocenters. The van der Waals surface area contributed by atoms with Crippen LogP contribution in [-0.2, 0) is 22.7 Å². The Labute approximate surface area is 179 Å². The van der Waals surface area contributed by atoms with Crippen LogP contribution in [0.3, 0.4) is 0 Å². The Morgan fingerprint density at radius 2 is 1.87 bits per heavy atom. The van der Waals surface area contributed by atoms with Gasteiger partial charge in [-0.25, -0.2) is 9.18 Å². The maximum Gasteiger partial charge on any atom is 0.342 e. The van der Waals surface area contributed by atoms with Crippen LogP contribution in [0.15, 0.2) is 60.7 Å². The predicted octanol–water partition coefficient (Wildman–Crippen LogP) is 4.81. The first-order valence-corrected chi connectivity index (χ1v) is 9.62. The van der Waals surface area contributed by atoms with Crippen molar-refractivity contribution in [2.24, 2.45) is 0 Å². The van der Waals surface area contributed by atoms with Gasteiger partial charge in [0.05, 0.1) is 20.8 Å². The Balaban J connectivity index is 1.55. The molecule has 0 amide bonds. The van der Waals surface area contributed by atoms with Gasteiger partial charge in [0.25, 0.3) is 0 Å². The molecule has 0 N–H and O–H groups in total. The normalized spacial score (nSPS) is 14.9. The van der Waals surface area contributed by atoms with E-state index in [2.05, 4.69) is 0 Å². The molecule has 0 saturated heterocycles. The lowest BCUT2D eigenvalue weighted by Gasteiger charge is -2.28. The third kappa shape index (κ3) is 4.46. The molecular weight excluding hydrogens is 403 g/mol. The molecule has 0 aliphatic carbocycles. The van der Waals surface area contributed by atoms with Gasteiger partial charge in [-0.2, -0.15) is 0 Å². The van der Waals surface area contributed by atoms with E-state index >= 15 is 0 Å². The molecule has 4 rings (SSSR count). The fourth-order valence-corrected chi connectivity index (χ4v) is 3.35. The summed E-state index contributed by atoms with van der Waals surface area (Å²) in [7, 11) is 2.97. The number of benzene rings is 3. The Bertz CT molecular complexity index is 1080. The smallest absolute Gasteiger partial charge is 0.342 e. The molecule has 3 aromatic rings. The van der Waals surface area contributed by atoms with E-state index in [-0.39, 0.29) is 18.8 Å². The fraction of sp³-hybridized carbons (Fsp3) is 0.208. The summed E-state index contributed by atoms with van der Waals surface area (Å²) >= 11 is 0. The summed E-state index contributed by atoms with van der Waals surface area (Å²) in [4.78, 5) is 12.6. The second-order valence-electron chi connectivity index (χ2n) is 6.87. The van der Waals surface area contributed by atoms with Crippen LogP contribution in [0.1, 0.15) is 33.3 Å². The van der Waals surface area contributed by atoms with E-state index in [1.165, 1.54) is 26.4 Å². The number of carbonyl (C=O) groups is 1. The quantitative estimate of drug-likeness (QED) is 0.530. The summed E-state index contributed by atoms with van der Waals surface area (Å²) < 4.78 is 41.7. The Morgan fingerprint density at radius 3 is 2.61 bits per heavy atom. The molecule has 7 heteroatoms. The molecule has 6 nitrogen and oxygen atoms in total. The van der Waals surface area contributed by atoms with Crippen LogP contribution >= 0.6 is 0 Å². The lowest BCUT2D eigenvalue weighted by atomic mass is 10.1. The van der Waals surface area contributed by atoms with Crippen molar-refractivity contribution >= 4 is 5.97 Å². The average molecular weight is 424 g/mol. The second kappa shape index (κ2) is 9.06. The van der Waals surface area contributed by atoms with Crippen molar-refractivity contribution in [2.45, 2.75) is 19.5 Å². The summed E-state index contributed by atoms with van der Waals surface area (Å²) in [6.45, 7) is 0.00945. The Kier molecular flexibility index (Phi) is 6.04. The number of methoxy groups -OCH3 is 2. The largest absolute Gasteiger partial charge is 0.497 e. The van der Waals surface area contributed by atoms with Crippen molar-refractivity contribution in [1.29, 1.82) is 0 Å². The van der Waals surface area contributed by atoms with Gasteiger partial charge in [-0.15, -0.1) is 0 Å². The van der Waals surface area contributed by atoms with Gasteiger partial charge in [-0.05, 0) is 24.3 Å². The molecule has 160 valence electrons. The van der Waals surface area contributed by atoms with E-state index in [1.807, 2.05) is 30.3 Å². The van der Waals surface area contributed by atoms with Crippen molar-refractivity contribution < 1.29 is 32.9 Å². The Hall–Kier alpha value is -3.58. The minimum atomic E-state index is -0.629. The zero-order valence-electron chi connectivity index (χ0n) is 17.1. The van der Waals surface area contributed by atoms with Crippen LogP contribution in [0.25, 0.3) is 0 Å². The van der Waals surface area contributed by atoms with Crippen molar-refractivity contribution in [3.8, 4) is 17.2 Å². The zero-order valence-corrected chi connectivity index (χ0v) is 17.1. The van der Waals surface area contributed by atoms with Gasteiger partial charge in [0.15, 0.2) is 0 Å².